The molecule has 3 aromatic rings. The number of benzene rings is 2. The van der Waals surface area contributed by atoms with Crippen LogP contribution in [0.3, 0.4) is 0 Å². The monoisotopic (exact) mass is 383 g/mol. The molecular formula is C22H26ClN3O. The van der Waals surface area contributed by atoms with Gasteiger partial charge in [-0.05, 0) is 42.5 Å². The van der Waals surface area contributed by atoms with Crippen molar-refractivity contribution in [1.82, 2.24) is 15.1 Å². The average molecular weight is 384 g/mol. The lowest BCUT2D eigenvalue weighted by atomic mass is 9.92. The van der Waals surface area contributed by atoms with Crippen molar-refractivity contribution in [1.29, 1.82) is 0 Å². The van der Waals surface area contributed by atoms with Crippen LogP contribution in [0.4, 0.5) is 0 Å². The van der Waals surface area contributed by atoms with Crippen LogP contribution in [-0.4, -0.2) is 16.9 Å². The molecule has 0 fully saturated rings. The summed E-state index contributed by atoms with van der Waals surface area (Å²) in [6.07, 6.45) is 5.53. The first kappa shape index (κ1) is 19.5. The molecule has 4 rings (SSSR count). The maximum absolute atomic E-state index is 5.32. The van der Waals surface area contributed by atoms with E-state index >= 15 is 0 Å². The van der Waals surface area contributed by atoms with Crippen LogP contribution in [0.15, 0.2) is 60.8 Å². The summed E-state index contributed by atoms with van der Waals surface area (Å²) in [5, 5.41) is 8.40. The number of nitrogens with one attached hydrogen (secondary N) is 1. The van der Waals surface area contributed by atoms with Gasteiger partial charge in [-0.25, -0.2) is 0 Å². The Labute approximate surface area is 167 Å². The molecule has 4 nitrogen and oxygen atoms in total. The maximum atomic E-state index is 5.32. The Bertz CT molecular complexity index is 863. The van der Waals surface area contributed by atoms with E-state index in [2.05, 4.69) is 63.8 Å². The zero-order valence-electron chi connectivity index (χ0n) is 15.6. The maximum Gasteiger partial charge on any atom is 0.119 e. The third-order valence-electron chi connectivity index (χ3n) is 5.12. The quantitative estimate of drug-likeness (QED) is 0.679. The molecule has 142 valence electrons. The molecule has 2 aromatic carbocycles. The molecule has 0 spiro atoms. The Balaban J connectivity index is 0.00000210. The second-order valence-corrected chi connectivity index (χ2v) is 6.87. The lowest BCUT2D eigenvalue weighted by Gasteiger charge is -2.24. The normalized spacial score (nSPS) is 15.7. The van der Waals surface area contributed by atoms with Gasteiger partial charge >= 0.3 is 0 Å². The van der Waals surface area contributed by atoms with Gasteiger partial charge < -0.3 is 10.1 Å². The molecule has 1 unspecified atom stereocenters. The predicted molar refractivity (Wildman–Crippen MR) is 111 cm³/mol. The number of aromatic nitrogens is 2. The molecule has 0 saturated heterocycles. The highest BCUT2D eigenvalue weighted by Crippen LogP contribution is 2.30. The molecule has 1 heterocycles. The van der Waals surface area contributed by atoms with Crippen LogP contribution >= 0.6 is 12.4 Å². The largest absolute Gasteiger partial charge is 0.497 e. The second kappa shape index (κ2) is 9.07. The molecular weight excluding hydrogens is 358 g/mol. The smallest absolute Gasteiger partial charge is 0.119 e. The molecule has 0 saturated carbocycles. The molecule has 5 heteroatoms. The van der Waals surface area contributed by atoms with Crippen LogP contribution < -0.4 is 10.1 Å². The summed E-state index contributed by atoms with van der Waals surface area (Å²) in [6.45, 7) is 1.68. The van der Waals surface area contributed by atoms with Crippen molar-refractivity contribution in [2.45, 2.75) is 38.4 Å². The Morgan fingerprint density at radius 3 is 2.74 bits per heavy atom. The third kappa shape index (κ3) is 4.52. The minimum atomic E-state index is 0. The van der Waals surface area contributed by atoms with Crippen molar-refractivity contribution in [2.75, 3.05) is 7.11 Å². The number of methoxy groups -OCH3 is 1. The molecule has 27 heavy (non-hydrogen) atoms. The summed E-state index contributed by atoms with van der Waals surface area (Å²) < 4.78 is 7.49. The van der Waals surface area contributed by atoms with Crippen LogP contribution in [-0.2, 0) is 19.5 Å². The van der Waals surface area contributed by atoms with E-state index in [0.717, 1.165) is 31.7 Å². The minimum Gasteiger partial charge on any atom is -0.497 e. The molecule has 1 atom stereocenters. The van der Waals surface area contributed by atoms with E-state index in [1.165, 1.54) is 28.8 Å². The first-order valence-electron chi connectivity index (χ1n) is 9.28. The van der Waals surface area contributed by atoms with E-state index in [-0.39, 0.29) is 12.4 Å². The van der Waals surface area contributed by atoms with Crippen molar-refractivity contribution in [2.24, 2.45) is 0 Å². The Kier molecular flexibility index (Phi) is 6.54. The Morgan fingerprint density at radius 1 is 1.11 bits per heavy atom. The molecule has 1 N–H and O–H groups in total. The second-order valence-electron chi connectivity index (χ2n) is 6.87. The first-order chi connectivity index (χ1) is 12.8. The number of fused-ring (bicyclic) bond motifs is 1. The van der Waals surface area contributed by atoms with Gasteiger partial charge in [-0.15, -0.1) is 12.4 Å². The summed E-state index contributed by atoms with van der Waals surface area (Å²) in [4.78, 5) is 0. The van der Waals surface area contributed by atoms with Gasteiger partial charge in [-0.3, -0.25) is 4.68 Å². The van der Waals surface area contributed by atoms with Crippen LogP contribution in [0.5, 0.6) is 5.75 Å². The van der Waals surface area contributed by atoms with Gasteiger partial charge in [0.25, 0.3) is 0 Å². The van der Waals surface area contributed by atoms with Gasteiger partial charge in [0.05, 0.1) is 19.9 Å². The summed E-state index contributed by atoms with van der Waals surface area (Å²) in [7, 11) is 1.71. The van der Waals surface area contributed by atoms with Crippen molar-refractivity contribution >= 4 is 12.4 Å². The molecule has 0 radical (unpaired) electrons. The SMILES string of the molecule is COc1cccc(CNC2CCCc3c2cnn3Cc2ccccc2)c1.Cl. The highest BCUT2D eigenvalue weighted by molar-refractivity contribution is 5.85. The highest BCUT2D eigenvalue weighted by atomic mass is 35.5. The van der Waals surface area contributed by atoms with Gasteiger partial charge in [-0.1, -0.05) is 42.5 Å². The summed E-state index contributed by atoms with van der Waals surface area (Å²) in [5.74, 6) is 0.907. The predicted octanol–water partition coefficient (Wildman–Crippen LogP) is 4.53. The average Bonchev–Trinajstić information content (AvgIpc) is 3.11. The van der Waals surface area contributed by atoms with E-state index < -0.39 is 0 Å². The molecule has 1 aliphatic carbocycles. The summed E-state index contributed by atoms with van der Waals surface area (Å²) in [5.41, 5.74) is 5.27. The molecule has 1 aliphatic rings. The van der Waals surface area contributed by atoms with E-state index in [9.17, 15) is 0 Å². The lowest BCUT2D eigenvalue weighted by molar-refractivity contribution is 0.413. The first-order valence-corrected chi connectivity index (χ1v) is 9.28. The number of nitrogens with zero attached hydrogens (tertiary/aromatic N) is 2. The number of hydrogen-bond donors (Lipinski definition) is 1. The zero-order chi connectivity index (χ0) is 17.8. The van der Waals surface area contributed by atoms with Crippen LogP contribution in [0.2, 0.25) is 0 Å². The topological polar surface area (TPSA) is 39.1 Å². The Morgan fingerprint density at radius 2 is 1.93 bits per heavy atom. The van der Waals surface area contributed by atoms with Crippen molar-refractivity contribution < 1.29 is 4.74 Å². The standard InChI is InChI=1S/C22H25N3O.ClH/c1-26-19-10-5-9-18(13-19)14-23-21-11-6-12-22-20(21)15-24-25(22)16-17-7-3-2-4-8-17;/h2-5,7-10,13,15,21,23H,6,11-12,14,16H2,1H3;1H. The molecule has 0 amide bonds. The van der Waals surface area contributed by atoms with Gasteiger partial charge in [0.15, 0.2) is 0 Å². The Hall–Kier alpha value is -2.30. The van der Waals surface area contributed by atoms with E-state index in [1.807, 2.05) is 12.1 Å². The van der Waals surface area contributed by atoms with Gasteiger partial charge in [0.1, 0.15) is 5.75 Å². The highest BCUT2D eigenvalue weighted by Gasteiger charge is 2.23. The zero-order valence-corrected chi connectivity index (χ0v) is 16.4. The number of rotatable bonds is 6. The lowest BCUT2D eigenvalue weighted by Crippen LogP contribution is -2.25. The molecule has 0 bridgehead atoms. The van der Waals surface area contributed by atoms with E-state index in [1.54, 1.807) is 7.11 Å². The van der Waals surface area contributed by atoms with Gasteiger partial charge in [0.2, 0.25) is 0 Å². The number of hydrogen-bond acceptors (Lipinski definition) is 3. The van der Waals surface area contributed by atoms with Gasteiger partial charge in [0, 0.05) is 23.8 Å². The summed E-state index contributed by atoms with van der Waals surface area (Å²) in [6, 6.07) is 19.2. The fraction of sp³-hybridized carbons (Fsp3) is 0.318. The van der Waals surface area contributed by atoms with Crippen molar-refractivity contribution in [3.8, 4) is 5.75 Å². The minimum absolute atomic E-state index is 0. The van der Waals surface area contributed by atoms with E-state index in [4.69, 9.17) is 4.74 Å². The van der Waals surface area contributed by atoms with E-state index in [0.29, 0.717) is 6.04 Å². The fourth-order valence-corrected chi connectivity index (χ4v) is 3.75. The molecule has 1 aromatic heterocycles. The van der Waals surface area contributed by atoms with Gasteiger partial charge in [-0.2, -0.15) is 5.10 Å². The van der Waals surface area contributed by atoms with Crippen molar-refractivity contribution in [3.05, 3.63) is 83.2 Å². The van der Waals surface area contributed by atoms with Crippen molar-refractivity contribution in [3.63, 3.8) is 0 Å². The summed E-state index contributed by atoms with van der Waals surface area (Å²) >= 11 is 0. The number of halogens is 1. The van der Waals surface area contributed by atoms with Crippen LogP contribution in [0, 0.1) is 0 Å². The van der Waals surface area contributed by atoms with Crippen LogP contribution in [0.1, 0.15) is 41.3 Å². The number of ether oxygens (including phenoxy) is 1. The fourth-order valence-electron chi connectivity index (χ4n) is 3.75. The molecule has 0 aliphatic heterocycles. The third-order valence-corrected chi connectivity index (χ3v) is 5.12. The van der Waals surface area contributed by atoms with Crippen LogP contribution in [0.25, 0.3) is 0 Å².